The Bertz CT molecular complexity index is 462. The van der Waals surface area contributed by atoms with Gasteiger partial charge >= 0.3 is 11.9 Å². The quantitative estimate of drug-likeness (QED) is 0.636. The highest BCUT2D eigenvalue weighted by molar-refractivity contribution is 5.95. The van der Waals surface area contributed by atoms with Crippen LogP contribution in [0.4, 0.5) is 0 Å². The van der Waals surface area contributed by atoms with E-state index in [1.165, 1.54) is 18.2 Å². The van der Waals surface area contributed by atoms with Gasteiger partial charge in [-0.2, -0.15) is 0 Å². The molecule has 1 aromatic rings. The molecule has 0 spiro atoms. The van der Waals surface area contributed by atoms with Gasteiger partial charge in [0.2, 0.25) is 5.56 Å². The molecule has 0 bridgehead atoms. The van der Waals surface area contributed by atoms with Gasteiger partial charge in [0, 0.05) is 12.5 Å². The molecule has 0 unspecified atom stereocenters. The number of esters is 2. The summed E-state index contributed by atoms with van der Waals surface area (Å²) in [5.41, 5.74) is -0.426. The molecule has 1 N–H and O–H groups in total. The lowest BCUT2D eigenvalue weighted by atomic mass is 10.1. The van der Waals surface area contributed by atoms with Crippen LogP contribution in [0.1, 0.15) is 37.2 Å². The molecule has 0 aliphatic carbocycles. The molecule has 0 saturated heterocycles. The van der Waals surface area contributed by atoms with Crippen molar-refractivity contribution in [1.82, 2.24) is 4.98 Å². The van der Waals surface area contributed by atoms with Gasteiger partial charge < -0.3 is 9.72 Å². The van der Waals surface area contributed by atoms with Gasteiger partial charge in [0.05, 0.1) is 0 Å². The fraction of sp³-hybridized carbons (Fsp3) is 0.417. The van der Waals surface area contributed by atoms with Crippen LogP contribution in [0.25, 0.3) is 0 Å². The normalized spacial score (nSPS) is 10.3. The molecule has 0 amide bonds. The second kappa shape index (κ2) is 5.98. The van der Waals surface area contributed by atoms with Gasteiger partial charge in [-0.15, -0.1) is 0 Å². The van der Waals surface area contributed by atoms with E-state index in [9.17, 15) is 14.4 Å². The molecule has 0 aliphatic heterocycles. The smallest absolute Gasteiger partial charge is 0.362 e. The first-order chi connectivity index (χ1) is 7.99. The first-order valence-corrected chi connectivity index (χ1v) is 5.43. The van der Waals surface area contributed by atoms with Crippen molar-refractivity contribution in [2.24, 2.45) is 5.92 Å². The monoisotopic (exact) mass is 237 g/mol. The Morgan fingerprint density at radius 1 is 1.35 bits per heavy atom. The standard InChI is InChI=1S/C12H15NO4/c1-8(2)6-7-11(15)17-12(16)9-4-3-5-10(14)13-9/h3-5,8H,6-7H2,1-2H3,(H,13,14). The summed E-state index contributed by atoms with van der Waals surface area (Å²) in [5.74, 6) is -1.03. The number of aromatic nitrogens is 1. The highest BCUT2D eigenvalue weighted by Gasteiger charge is 2.13. The third kappa shape index (κ3) is 4.63. The van der Waals surface area contributed by atoms with Crippen molar-refractivity contribution in [1.29, 1.82) is 0 Å². The minimum atomic E-state index is -0.823. The Hall–Kier alpha value is -1.91. The zero-order chi connectivity index (χ0) is 12.8. The van der Waals surface area contributed by atoms with Crippen molar-refractivity contribution in [2.45, 2.75) is 26.7 Å². The molecule has 5 nitrogen and oxygen atoms in total. The molecule has 92 valence electrons. The van der Waals surface area contributed by atoms with Crippen molar-refractivity contribution in [2.75, 3.05) is 0 Å². The topological polar surface area (TPSA) is 76.2 Å². The van der Waals surface area contributed by atoms with Gasteiger partial charge in [-0.1, -0.05) is 19.9 Å². The van der Waals surface area contributed by atoms with E-state index < -0.39 is 17.5 Å². The Balaban J connectivity index is 2.55. The lowest BCUT2D eigenvalue weighted by Crippen LogP contribution is -2.17. The maximum Gasteiger partial charge on any atom is 0.362 e. The molecule has 0 fully saturated rings. The summed E-state index contributed by atoms with van der Waals surface area (Å²) in [4.78, 5) is 36.0. The summed E-state index contributed by atoms with van der Waals surface area (Å²) in [6.45, 7) is 3.95. The first kappa shape index (κ1) is 13.2. The van der Waals surface area contributed by atoms with E-state index in [1.807, 2.05) is 13.8 Å². The molecule has 0 aromatic carbocycles. The van der Waals surface area contributed by atoms with E-state index in [2.05, 4.69) is 9.72 Å². The Morgan fingerprint density at radius 3 is 2.65 bits per heavy atom. The Kier molecular flexibility index (Phi) is 4.63. The SMILES string of the molecule is CC(C)CCC(=O)OC(=O)c1cccc(=O)[nH]1. The van der Waals surface area contributed by atoms with E-state index in [0.29, 0.717) is 12.3 Å². The van der Waals surface area contributed by atoms with Gasteiger partial charge in [-0.3, -0.25) is 9.59 Å². The predicted molar refractivity (Wildman–Crippen MR) is 61.6 cm³/mol. The third-order valence-corrected chi connectivity index (χ3v) is 2.12. The van der Waals surface area contributed by atoms with Gasteiger partial charge in [0.1, 0.15) is 5.69 Å². The van der Waals surface area contributed by atoms with Crippen molar-refractivity contribution >= 4 is 11.9 Å². The number of pyridine rings is 1. The van der Waals surface area contributed by atoms with Crippen molar-refractivity contribution in [3.05, 3.63) is 34.2 Å². The van der Waals surface area contributed by atoms with Crippen LogP contribution in [-0.4, -0.2) is 16.9 Å². The molecular formula is C12H15NO4. The first-order valence-electron chi connectivity index (χ1n) is 5.43. The molecule has 0 atom stereocenters. The molecule has 17 heavy (non-hydrogen) atoms. The number of carbonyl (C=O) groups excluding carboxylic acids is 2. The summed E-state index contributed by atoms with van der Waals surface area (Å²) in [6.07, 6.45) is 0.859. The van der Waals surface area contributed by atoms with E-state index in [1.54, 1.807) is 0 Å². The number of rotatable bonds is 4. The largest absolute Gasteiger partial charge is 0.388 e. The molecule has 0 saturated carbocycles. The summed E-state index contributed by atoms with van der Waals surface area (Å²) >= 11 is 0. The van der Waals surface area contributed by atoms with Gasteiger partial charge in [-0.25, -0.2) is 4.79 Å². The van der Waals surface area contributed by atoms with E-state index in [-0.39, 0.29) is 12.1 Å². The van der Waals surface area contributed by atoms with Crippen LogP contribution >= 0.6 is 0 Å². The average Bonchev–Trinajstić information content (AvgIpc) is 2.26. The van der Waals surface area contributed by atoms with Crippen LogP contribution in [0, 0.1) is 5.92 Å². The number of aromatic amines is 1. The summed E-state index contributed by atoms with van der Waals surface area (Å²) in [5, 5.41) is 0. The number of hydrogen-bond acceptors (Lipinski definition) is 4. The molecule has 0 radical (unpaired) electrons. The van der Waals surface area contributed by atoms with Crippen molar-refractivity contribution in [3.63, 3.8) is 0 Å². The summed E-state index contributed by atoms with van der Waals surface area (Å²) in [7, 11) is 0. The predicted octanol–water partition coefficient (Wildman–Crippen LogP) is 1.49. The van der Waals surface area contributed by atoms with E-state index in [0.717, 1.165) is 0 Å². The number of H-pyrrole nitrogens is 1. The molecule has 1 rings (SSSR count). The van der Waals surface area contributed by atoms with Gasteiger partial charge in [0.25, 0.3) is 0 Å². The maximum absolute atomic E-state index is 11.4. The summed E-state index contributed by atoms with van der Waals surface area (Å²) in [6, 6.07) is 4.09. The number of ether oxygens (including phenoxy) is 1. The van der Waals surface area contributed by atoms with Crippen LogP contribution in [0.2, 0.25) is 0 Å². The Morgan fingerprint density at radius 2 is 2.06 bits per heavy atom. The second-order valence-electron chi connectivity index (χ2n) is 4.12. The number of hydrogen-bond donors (Lipinski definition) is 1. The van der Waals surface area contributed by atoms with Crippen LogP contribution in [0.3, 0.4) is 0 Å². The second-order valence-corrected chi connectivity index (χ2v) is 4.12. The molecule has 5 heteroatoms. The van der Waals surface area contributed by atoms with Crippen LogP contribution < -0.4 is 5.56 Å². The highest BCUT2D eigenvalue weighted by Crippen LogP contribution is 2.05. The molecule has 0 aliphatic rings. The fourth-order valence-electron chi connectivity index (χ4n) is 1.18. The van der Waals surface area contributed by atoms with Gasteiger partial charge in [-0.05, 0) is 18.4 Å². The zero-order valence-corrected chi connectivity index (χ0v) is 9.86. The highest BCUT2D eigenvalue weighted by atomic mass is 16.6. The van der Waals surface area contributed by atoms with Crippen LogP contribution in [0.5, 0.6) is 0 Å². The van der Waals surface area contributed by atoms with Crippen molar-refractivity contribution in [3.8, 4) is 0 Å². The average molecular weight is 237 g/mol. The number of carbonyl (C=O) groups is 2. The van der Waals surface area contributed by atoms with Crippen LogP contribution in [0.15, 0.2) is 23.0 Å². The van der Waals surface area contributed by atoms with Crippen LogP contribution in [-0.2, 0) is 9.53 Å². The maximum atomic E-state index is 11.4. The minimum Gasteiger partial charge on any atom is -0.388 e. The molecule has 1 aromatic heterocycles. The number of nitrogens with one attached hydrogen (secondary N) is 1. The third-order valence-electron chi connectivity index (χ3n) is 2.12. The minimum absolute atomic E-state index is 0.0182. The lowest BCUT2D eigenvalue weighted by molar-refractivity contribution is -0.138. The molecular weight excluding hydrogens is 222 g/mol. The van der Waals surface area contributed by atoms with E-state index >= 15 is 0 Å². The van der Waals surface area contributed by atoms with E-state index in [4.69, 9.17) is 0 Å². The van der Waals surface area contributed by atoms with Crippen molar-refractivity contribution < 1.29 is 14.3 Å². The molecule has 1 heterocycles. The zero-order valence-electron chi connectivity index (χ0n) is 9.86. The Labute approximate surface area is 98.8 Å². The fourth-order valence-corrected chi connectivity index (χ4v) is 1.18. The van der Waals surface area contributed by atoms with Gasteiger partial charge in [0.15, 0.2) is 0 Å². The lowest BCUT2D eigenvalue weighted by Gasteiger charge is -2.04. The summed E-state index contributed by atoms with van der Waals surface area (Å²) < 4.78 is 4.59.